The predicted molar refractivity (Wildman–Crippen MR) is 103 cm³/mol. The topological polar surface area (TPSA) is 108 Å². The van der Waals surface area contributed by atoms with Crippen molar-refractivity contribution in [3.8, 4) is 5.75 Å². The number of para-hydroxylation sites is 1. The molecule has 3 aromatic rings. The second-order valence-corrected chi connectivity index (χ2v) is 7.83. The molecule has 2 aromatic carbocycles. The molecule has 8 heteroatoms. The van der Waals surface area contributed by atoms with Gasteiger partial charge in [-0.15, -0.1) is 0 Å². The van der Waals surface area contributed by atoms with Gasteiger partial charge in [0.25, 0.3) is 0 Å². The number of benzene rings is 2. The van der Waals surface area contributed by atoms with Crippen LogP contribution >= 0.6 is 0 Å². The van der Waals surface area contributed by atoms with Crippen molar-refractivity contribution in [1.29, 1.82) is 0 Å². The van der Waals surface area contributed by atoms with Crippen LogP contribution in [-0.4, -0.2) is 30.7 Å². The van der Waals surface area contributed by atoms with E-state index in [-0.39, 0.29) is 24.7 Å². The molecule has 0 unspecified atom stereocenters. The van der Waals surface area contributed by atoms with Gasteiger partial charge in [0.1, 0.15) is 5.75 Å². The van der Waals surface area contributed by atoms with Gasteiger partial charge in [0.15, 0.2) is 0 Å². The molecule has 0 saturated heterocycles. The second kappa shape index (κ2) is 7.42. The van der Waals surface area contributed by atoms with Crippen molar-refractivity contribution in [3.63, 3.8) is 0 Å². The highest BCUT2D eigenvalue weighted by Gasteiger charge is 2.17. The molecular weight excluding hydrogens is 368 g/mol. The molecule has 1 amide bonds. The Morgan fingerprint density at radius 1 is 1.19 bits per heavy atom. The van der Waals surface area contributed by atoms with Crippen LogP contribution in [0.3, 0.4) is 0 Å². The fourth-order valence-corrected chi connectivity index (χ4v) is 3.45. The predicted octanol–water partition coefficient (Wildman–Crippen LogP) is 2.49. The Bertz CT molecular complexity index is 1100. The van der Waals surface area contributed by atoms with Gasteiger partial charge < -0.3 is 19.6 Å². The number of rotatable bonds is 6. The van der Waals surface area contributed by atoms with E-state index in [1.165, 1.54) is 12.1 Å². The summed E-state index contributed by atoms with van der Waals surface area (Å²) in [4.78, 5) is 15.7. The molecule has 142 valence electrons. The van der Waals surface area contributed by atoms with Crippen molar-refractivity contribution in [2.75, 3.05) is 11.6 Å². The minimum atomic E-state index is -3.71. The van der Waals surface area contributed by atoms with Gasteiger partial charge in [-0.05, 0) is 24.6 Å². The molecule has 3 rings (SSSR count). The zero-order chi connectivity index (χ0) is 19.6. The van der Waals surface area contributed by atoms with E-state index in [1.807, 2.05) is 24.3 Å². The maximum absolute atomic E-state index is 12.6. The van der Waals surface area contributed by atoms with Gasteiger partial charge in [0, 0.05) is 28.2 Å². The molecule has 27 heavy (non-hydrogen) atoms. The standard InChI is InChI=1S/C19H20N2O5S/c1-12-17(26-27(2,24)25)8-7-13(11-22)19(12)21-18(23)9-14-10-20-16-6-4-3-5-15(14)16/h3-8,10,20,22H,9,11H2,1-2H3,(H,21,23). The van der Waals surface area contributed by atoms with Crippen LogP contribution in [0.1, 0.15) is 16.7 Å². The lowest BCUT2D eigenvalue weighted by Gasteiger charge is -2.16. The minimum absolute atomic E-state index is 0.108. The molecule has 1 aromatic heterocycles. The molecule has 3 N–H and O–H groups in total. The van der Waals surface area contributed by atoms with Crippen molar-refractivity contribution < 1.29 is 22.5 Å². The maximum Gasteiger partial charge on any atom is 0.306 e. The summed E-state index contributed by atoms with van der Waals surface area (Å²) in [5, 5.41) is 13.3. The van der Waals surface area contributed by atoms with E-state index in [1.54, 1.807) is 13.1 Å². The summed E-state index contributed by atoms with van der Waals surface area (Å²) >= 11 is 0. The van der Waals surface area contributed by atoms with Crippen LogP contribution in [0.25, 0.3) is 10.9 Å². The summed E-state index contributed by atoms with van der Waals surface area (Å²) in [5.41, 5.74) is 3.04. The first-order chi connectivity index (χ1) is 12.8. The zero-order valence-electron chi connectivity index (χ0n) is 14.9. The number of aromatic amines is 1. The highest BCUT2D eigenvalue weighted by atomic mass is 32.2. The van der Waals surface area contributed by atoms with Crippen LogP contribution in [-0.2, 0) is 27.9 Å². The number of aromatic nitrogens is 1. The molecule has 0 aliphatic rings. The maximum atomic E-state index is 12.6. The van der Waals surface area contributed by atoms with Crippen molar-refractivity contribution in [2.45, 2.75) is 20.0 Å². The van der Waals surface area contributed by atoms with E-state index in [0.29, 0.717) is 16.8 Å². The molecule has 0 aliphatic carbocycles. The third kappa shape index (κ3) is 4.29. The Balaban J connectivity index is 1.87. The summed E-state index contributed by atoms with van der Waals surface area (Å²) in [6.07, 6.45) is 2.86. The van der Waals surface area contributed by atoms with Gasteiger partial charge >= 0.3 is 10.1 Å². The second-order valence-electron chi connectivity index (χ2n) is 6.25. The van der Waals surface area contributed by atoms with Crippen molar-refractivity contribution in [3.05, 3.63) is 59.3 Å². The summed E-state index contributed by atoms with van der Waals surface area (Å²) in [6, 6.07) is 10.6. The van der Waals surface area contributed by atoms with Crippen LogP contribution in [0.5, 0.6) is 5.75 Å². The monoisotopic (exact) mass is 388 g/mol. The van der Waals surface area contributed by atoms with E-state index < -0.39 is 10.1 Å². The first kappa shape index (κ1) is 18.9. The fourth-order valence-electron chi connectivity index (χ4n) is 2.94. The van der Waals surface area contributed by atoms with Crippen LogP contribution in [0.4, 0.5) is 5.69 Å². The lowest BCUT2D eigenvalue weighted by molar-refractivity contribution is -0.115. The highest BCUT2D eigenvalue weighted by Crippen LogP contribution is 2.31. The summed E-state index contributed by atoms with van der Waals surface area (Å²) in [5.74, 6) is -0.175. The minimum Gasteiger partial charge on any atom is -0.392 e. The molecule has 0 atom stereocenters. The Morgan fingerprint density at radius 3 is 2.63 bits per heavy atom. The number of nitrogens with one attached hydrogen (secondary N) is 2. The van der Waals surface area contributed by atoms with Crippen LogP contribution in [0, 0.1) is 6.92 Å². The Hall–Kier alpha value is -2.84. The SMILES string of the molecule is Cc1c(OS(C)(=O)=O)ccc(CO)c1NC(=O)Cc1c[nH]c2ccccc12. The smallest absolute Gasteiger partial charge is 0.306 e. The molecule has 0 saturated carbocycles. The summed E-state index contributed by atoms with van der Waals surface area (Å²) in [7, 11) is -3.71. The Labute approximate surface area is 157 Å². The summed E-state index contributed by atoms with van der Waals surface area (Å²) in [6.45, 7) is 1.32. The number of anilines is 1. The fraction of sp³-hybridized carbons (Fsp3) is 0.211. The third-order valence-corrected chi connectivity index (χ3v) is 4.69. The van der Waals surface area contributed by atoms with E-state index in [2.05, 4.69) is 10.3 Å². The van der Waals surface area contributed by atoms with Gasteiger partial charge in [-0.2, -0.15) is 8.42 Å². The van der Waals surface area contributed by atoms with E-state index in [4.69, 9.17) is 4.18 Å². The zero-order valence-corrected chi connectivity index (χ0v) is 15.8. The lowest BCUT2D eigenvalue weighted by atomic mass is 10.1. The van der Waals surface area contributed by atoms with Crippen molar-refractivity contribution in [2.24, 2.45) is 0 Å². The first-order valence-electron chi connectivity index (χ1n) is 8.26. The number of aliphatic hydroxyl groups excluding tert-OH is 1. The van der Waals surface area contributed by atoms with Crippen molar-refractivity contribution in [1.82, 2.24) is 4.98 Å². The molecule has 0 radical (unpaired) electrons. The van der Waals surface area contributed by atoms with Crippen LogP contribution in [0.2, 0.25) is 0 Å². The van der Waals surface area contributed by atoms with E-state index >= 15 is 0 Å². The quantitative estimate of drug-likeness (QED) is 0.562. The number of H-pyrrole nitrogens is 1. The number of fused-ring (bicyclic) bond motifs is 1. The summed E-state index contributed by atoms with van der Waals surface area (Å²) < 4.78 is 27.8. The molecule has 0 aliphatic heterocycles. The highest BCUT2D eigenvalue weighted by molar-refractivity contribution is 7.86. The largest absolute Gasteiger partial charge is 0.392 e. The molecule has 7 nitrogen and oxygen atoms in total. The van der Waals surface area contributed by atoms with Gasteiger partial charge in [-0.3, -0.25) is 4.79 Å². The number of hydrogen-bond donors (Lipinski definition) is 3. The third-order valence-electron chi connectivity index (χ3n) is 4.20. The normalized spacial score (nSPS) is 11.5. The van der Waals surface area contributed by atoms with E-state index in [0.717, 1.165) is 22.7 Å². The molecular formula is C19H20N2O5S. The number of carbonyl (C=O) groups is 1. The number of hydrogen-bond acceptors (Lipinski definition) is 5. The van der Waals surface area contributed by atoms with Crippen molar-refractivity contribution >= 4 is 32.6 Å². The van der Waals surface area contributed by atoms with Crippen LogP contribution in [0.15, 0.2) is 42.6 Å². The molecule has 1 heterocycles. The molecule has 0 fully saturated rings. The Kier molecular flexibility index (Phi) is 5.20. The van der Waals surface area contributed by atoms with Gasteiger partial charge in [0.05, 0.1) is 25.0 Å². The van der Waals surface area contributed by atoms with Gasteiger partial charge in [-0.25, -0.2) is 0 Å². The number of amides is 1. The average Bonchev–Trinajstić information content (AvgIpc) is 3.00. The lowest BCUT2D eigenvalue weighted by Crippen LogP contribution is -2.17. The average molecular weight is 388 g/mol. The van der Waals surface area contributed by atoms with Gasteiger partial charge in [-0.1, -0.05) is 24.3 Å². The van der Waals surface area contributed by atoms with Gasteiger partial charge in [0.2, 0.25) is 5.91 Å². The first-order valence-corrected chi connectivity index (χ1v) is 10.1. The molecule has 0 bridgehead atoms. The van der Waals surface area contributed by atoms with Crippen LogP contribution < -0.4 is 9.50 Å². The number of aliphatic hydroxyl groups is 1. The van der Waals surface area contributed by atoms with E-state index in [9.17, 15) is 18.3 Å². The Morgan fingerprint density at radius 2 is 1.93 bits per heavy atom. The number of carbonyl (C=O) groups excluding carboxylic acids is 1. The molecule has 0 spiro atoms.